The average Bonchev–Trinajstić information content (AvgIpc) is 2.38. The number of nitrogens with two attached hydrogens (primary N) is 1. The minimum absolute atomic E-state index is 0.0302. The predicted octanol–water partition coefficient (Wildman–Crippen LogP) is 1.36. The van der Waals surface area contributed by atoms with Gasteiger partial charge < -0.3 is 20.5 Å². The number of carbonyl (C=O) groups excluding carboxylic acids is 1. The second-order valence-corrected chi connectivity index (χ2v) is 5.26. The summed E-state index contributed by atoms with van der Waals surface area (Å²) in [6.07, 6.45) is 0.916. The van der Waals surface area contributed by atoms with Gasteiger partial charge >= 0.3 is 0 Å². The van der Waals surface area contributed by atoms with Crippen LogP contribution in [0.4, 0.5) is 0 Å². The van der Waals surface area contributed by atoms with Crippen molar-refractivity contribution in [1.82, 2.24) is 5.32 Å². The van der Waals surface area contributed by atoms with Crippen LogP contribution in [0.15, 0.2) is 22.7 Å². The van der Waals surface area contributed by atoms with Crippen LogP contribution in [0.5, 0.6) is 5.75 Å². The van der Waals surface area contributed by atoms with E-state index in [1.54, 1.807) is 0 Å². The third kappa shape index (κ3) is 4.19. The number of carbonyl (C=O) groups is 1. The second kappa shape index (κ2) is 6.88. The molecule has 0 radical (unpaired) electrons. The Hall–Kier alpha value is -1.11. The van der Waals surface area contributed by atoms with Crippen molar-refractivity contribution in [3.05, 3.63) is 28.2 Å². The van der Waals surface area contributed by atoms with E-state index in [4.69, 9.17) is 15.2 Å². The van der Waals surface area contributed by atoms with E-state index in [-0.39, 0.29) is 12.6 Å². The van der Waals surface area contributed by atoms with Crippen LogP contribution in [0.1, 0.15) is 18.0 Å². The predicted molar refractivity (Wildman–Crippen MR) is 75.0 cm³/mol. The third-order valence-corrected chi connectivity index (χ3v) is 3.39. The quantitative estimate of drug-likeness (QED) is 0.773. The average molecular weight is 329 g/mol. The molecule has 1 aromatic rings. The highest BCUT2D eigenvalue weighted by Gasteiger charge is 2.20. The highest BCUT2D eigenvalue weighted by molar-refractivity contribution is 9.10. The lowest BCUT2D eigenvalue weighted by Crippen LogP contribution is -2.30. The number of hydrogen-bond donors (Lipinski definition) is 2. The number of fused-ring (bicyclic) bond motifs is 1. The van der Waals surface area contributed by atoms with E-state index in [9.17, 15) is 4.79 Å². The van der Waals surface area contributed by atoms with Crippen LogP contribution in [-0.4, -0.2) is 32.3 Å². The zero-order valence-corrected chi connectivity index (χ0v) is 12.1. The molecular weight excluding hydrogens is 312 g/mol. The van der Waals surface area contributed by atoms with Crippen LogP contribution < -0.4 is 15.8 Å². The Bertz CT molecular complexity index is 454. The molecule has 104 valence electrons. The van der Waals surface area contributed by atoms with Crippen LogP contribution in [0.2, 0.25) is 0 Å². The normalized spacial score (nSPS) is 17.6. The molecule has 0 aromatic heterocycles. The fraction of sp³-hybridized carbons (Fsp3) is 0.462. The molecule has 5 nitrogen and oxygen atoms in total. The van der Waals surface area contributed by atoms with Crippen LogP contribution >= 0.6 is 15.9 Å². The lowest BCUT2D eigenvalue weighted by molar-refractivity contribution is -0.122. The standard InChI is InChI=1S/C13H17BrN2O3/c14-9-1-2-12-10(7-9)11(3-5-19-12)16-4-6-18-8-13(15)17/h1-2,7,11,16H,3-6,8H2,(H2,15,17). The SMILES string of the molecule is NC(=O)COCCNC1CCOc2ccc(Br)cc21. The fourth-order valence-corrected chi connectivity index (χ4v) is 2.43. The number of primary amides is 1. The van der Waals surface area contributed by atoms with Crippen molar-refractivity contribution in [2.24, 2.45) is 5.73 Å². The lowest BCUT2D eigenvalue weighted by atomic mass is 10.0. The number of benzene rings is 1. The first kappa shape index (κ1) is 14.3. The van der Waals surface area contributed by atoms with Gasteiger partial charge in [-0.25, -0.2) is 0 Å². The maximum Gasteiger partial charge on any atom is 0.243 e. The Balaban J connectivity index is 1.85. The molecular formula is C13H17BrN2O3. The number of hydrogen-bond acceptors (Lipinski definition) is 4. The van der Waals surface area contributed by atoms with Crippen molar-refractivity contribution in [3.63, 3.8) is 0 Å². The summed E-state index contributed by atoms with van der Waals surface area (Å²) in [4.78, 5) is 10.5. The molecule has 0 saturated heterocycles. The summed E-state index contributed by atoms with van der Waals surface area (Å²) in [5.41, 5.74) is 6.14. The van der Waals surface area contributed by atoms with Gasteiger partial charge in [-0.2, -0.15) is 0 Å². The van der Waals surface area contributed by atoms with E-state index in [0.29, 0.717) is 19.8 Å². The molecule has 0 aliphatic carbocycles. The van der Waals surface area contributed by atoms with E-state index in [0.717, 1.165) is 22.2 Å². The van der Waals surface area contributed by atoms with E-state index >= 15 is 0 Å². The summed E-state index contributed by atoms with van der Waals surface area (Å²) in [5.74, 6) is 0.477. The van der Waals surface area contributed by atoms with Gasteiger partial charge in [0.2, 0.25) is 5.91 Å². The summed E-state index contributed by atoms with van der Waals surface area (Å²) < 4.78 is 11.8. The molecule has 1 unspecified atom stereocenters. The molecule has 3 N–H and O–H groups in total. The molecule has 0 bridgehead atoms. The number of nitrogens with one attached hydrogen (secondary N) is 1. The first-order valence-electron chi connectivity index (χ1n) is 6.18. The molecule has 2 rings (SSSR count). The van der Waals surface area contributed by atoms with Gasteiger partial charge in [0.25, 0.3) is 0 Å². The third-order valence-electron chi connectivity index (χ3n) is 2.89. The van der Waals surface area contributed by atoms with Crippen molar-refractivity contribution in [1.29, 1.82) is 0 Å². The van der Waals surface area contributed by atoms with Crippen molar-refractivity contribution in [2.45, 2.75) is 12.5 Å². The molecule has 1 aliphatic heterocycles. The Kier molecular flexibility index (Phi) is 5.18. The summed E-state index contributed by atoms with van der Waals surface area (Å²) in [7, 11) is 0. The molecule has 6 heteroatoms. The van der Waals surface area contributed by atoms with Crippen LogP contribution in [0, 0.1) is 0 Å². The topological polar surface area (TPSA) is 73.6 Å². The molecule has 0 spiro atoms. The van der Waals surface area contributed by atoms with Crippen LogP contribution in [0.3, 0.4) is 0 Å². The molecule has 0 fully saturated rings. The smallest absolute Gasteiger partial charge is 0.243 e. The molecule has 1 aliphatic rings. The number of amides is 1. The lowest BCUT2D eigenvalue weighted by Gasteiger charge is -2.27. The van der Waals surface area contributed by atoms with Gasteiger partial charge in [0.15, 0.2) is 0 Å². The zero-order chi connectivity index (χ0) is 13.7. The van der Waals surface area contributed by atoms with Gasteiger partial charge in [-0.15, -0.1) is 0 Å². The summed E-state index contributed by atoms with van der Waals surface area (Å²) in [6, 6.07) is 6.25. The minimum Gasteiger partial charge on any atom is -0.493 e. The molecule has 1 aromatic carbocycles. The first-order valence-corrected chi connectivity index (χ1v) is 6.98. The monoisotopic (exact) mass is 328 g/mol. The molecule has 0 saturated carbocycles. The van der Waals surface area contributed by atoms with Gasteiger partial charge in [-0.3, -0.25) is 4.79 Å². The molecule has 1 heterocycles. The second-order valence-electron chi connectivity index (χ2n) is 4.34. The van der Waals surface area contributed by atoms with Gasteiger partial charge in [-0.05, 0) is 18.2 Å². The van der Waals surface area contributed by atoms with Crippen molar-refractivity contribution in [3.8, 4) is 5.75 Å². The van der Waals surface area contributed by atoms with Crippen LogP contribution in [-0.2, 0) is 9.53 Å². The van der Waals surface area contributed by atoms with Crippen molar-refractivity contribution in [2.75, 3.05) is 26.4 Å². The summed E-state index contributed by atoms with van der Waals surface area (Å²) >= 11 is 3.47. The number of ether oxygens (including phenoxy) is 2. The number of halogens is 1. The highest BCUT2D eigenvalue weighted by Crippen LogP contribution is 2.33. The van der Waals surface area contributed by atoms with E-state index in [2.05, 4.69) is 27.3 Å². The maximum atomic E-state index is 10.5. The maximum absolute atomic E-state index is 10.5. The van der Waals surface area contributed by atoms with Gasteiger partial charge in [0, 0.05) is 29.0 Å². The fourth-order valence-electron chi connectivity index (χ4n) is 2.06. The largest absolute Gasteiger partial charge is 0.493 e. The van der Waals surface area contributed by atoms with Gasteiger partial charge in [-0.1, -0.05) is 15.9 Å². The zero-order valence-electron chi connectivity index (χ0n) is 10.5. The highest BCUT2D eigenvalue weighted by atomic mass is 79.9. The first-order chi connectivity index (χ1) is 9.16. The van der Waals surface area contributed by atoms with Crippen molar-refractivity contribution >= 4 is 21.8 Å². The summed E-state index contributed by atoms with van der Waals surface area (Å²) in [6.45, 7) is 1.81. The molecule has 1 atom stereocenters. The Labute approximate surface area is 120 Å². The Morgan fingerprint density at radius 3 is 3.21 bits per heavy atom. The van der Waals surface area contributed by atoms with Gasteiger partial charge in [0.1, 0.15) is 12.4 Å². The Morgan fingerprint density at radius 1 is 1.58 bits per heavy atom. The van der Waals surface area contributed by atoms with E-state index in [1.165, 1.54) is 0 Å². The molecule has 19 heavy (non-hydrogen) atoms. The number of rotatable bonds is 6. The van der Waals surface area contributed by atoms with E-state index < -0.39 is 5.91 Å². The van der Waals surface area contributed by atoms with Gasteiger partial charge in [0.05, 0.1) is 13.2 Å². The molecule has 1 amide bonds. The summed E-state index contributed by atoms with van der Waals surface area (Å²) in [5, 5.41) is 3.40. The Morgan fingerprint density at radius 2 is 2.42 bits per heavy atom. The minimum atomic E-state index is -0.444. The van der Waals surface area contributed by atoms with E-state index in [1.807, 2.05) is 12.1 Å². The van der Waals surface area contributed by atoms with Crippen molar-refractivity contribution < 1.29 is 14.3 Å². The van der Waals surface area contributed by atoms with Crippen LogP contribution in [0.25, 0.3) is 0 Å².